The van der Waals surface area contributed by atoms with Crippen LogP contribution >= 0.6 is 0 Å². The number of aliphatic hydroxyl groups is 1. The SMILES string of the molecule is O=C(CO)N1CC2(CCN(Cc3cc(=O)[nH]c(=O)[nH]3)CC2)c2ccccc21. The number of aliphatic hydroxyl groups excluding tert-OH is 1. The number of aromatic nitrogens is 2. The van der Waals surface area contributed by atoms with E-state index >= 15 is 0 Å². The fourth-order valence-corrected chi connectivity index (χ4v) is 4.35. The van der Waals surface area contributed by atoms with Gasteiger partial charge in [-0.2, -0.15) is 0 Å². The number of aromatic amines is 2. The topological polar surface area (TPSA) is 110 Å². The van der Waals surface area contributed by atoms with Crippen molar-refractivity contribution < 1.29 is 9.90 Å². The van der Waals surface area contributed by atoms with Crippen molar-refractivity contribution in [2.24, 2.45) is 0 Å². The first-order valence-corrected chi connectivity index (χ1v) is 9.06. The largest absolute Gasteiger partial charge is 0.387 e. The van der Waals surface area contributed by atoms with Crippen LogP contribution in [0.4, 0.5) is 5.69 Å². The van der Waals surface area contributed by atoms with Gasteiger partial charge in [0, 0.05) is 36.0 Å². The molecular weight excluding hydrogens is 348 g/mol. The standard InChI is InChI=1S/C19H22N4O4/c24-11-17(26)23-12-19(14-3-1-2-4-15(14)23)5-7-22(8-6-19)10-13-9-16(25)21-18(27)20-13/h1-4,9,24H,5-8,10-12H2,(H2,20,21,25,27). The number of hydrogen-bond acceptors (Lipinski definition) is 5. The molecule has 2 aliphatic heterocycles. The van der Waals surface area contributed by atoms with Crippen LogP contribution in [0.3, 0.4) is 0 Å². The molecule has 142 valence electrons. The fraction of sp³-hybridized carbons (Fsp3) is 0.421. The molecule has 3 heterocycles. The number of para-hydroxylation sites is 1. The van der Waals surface area contributed by atoms with Gasteiger partial charge in [0.15, 0.2) is 0 Å². The van der Waals surface area contributed by atoms with Crippen LogP contribution in [0.15, 0.2) is 39.9 Å². The molecule has 3 N–H and O–H groups in total. The molecule has 1 aromatic carbocycles. The summed E-state index contributed by atoms with van der Waals surface area (Å²) in [6.07, 6.45) is 1.74. The molecule has 1 saturated heterocycles. The zero-order valence-electron chi connectivity index (χ0n) is 14.9. The van der Waals surface area contributed by atoms with Crippen molar-refractivity contribution in [2.75, 3.05) is 31.1 Å². The Kier molecular flexibility index (Phi) is 4.45. The Morgan fingerprint density at radius 2 is 1.89 bits per heavy atom. The highest BCUT2D eigenvalue weighted by molar-refractivity contribution is 5.97. The Bertz CT molecular complexity index is 944. The predicted octanol–water partition coefficient (Wildman–Crippen LogP) is -0.0641. The number of piperidine rings is 1. The van der Waals surface area contributed by atoms with Crippen LogP contribution in [-0.4, -0.2) is 52.1 Å². The second kappa shape index (κ2) is 6.79. The van der Waals surface area contributed by atoms with Crippen LogP contribution in [0.5, 0.6) is 0 Å². The number of likely N-dealkylation sites (tertiary alicyclic amines) is 1. The smallest absolute Gasteiger partial charge is 0.325 e. The van der Waals surface area contributed by atoms with Crippen LogP contribution in [0.1, 0.15) is 24.1 Å². The van der Waals surface area contributed by atoms with Crippen LogP contribution in [0.25, 0.3) is 0 Å². The Morgan fingerprint density at radius 3 is 2.59 bits per heavy atom. The van der Waals surface area contributed by atoms with Crippen molar-refractivity contribution in [2.45, 2.75) is 24.8 Å². The van der Waals surface area contributed by atoms with E-state index in [1.807, 2.05) is 18.2 Å². The van der Waals surface area contributed by atoms with Gasteiger partial charge < -0.3 is 15.0 Å². The van der Waals surface area contributed by atoms with Gasteiger partial charge in [0.2, 0.25) is 0 Å². The van der Waals surface area contributed by atoms with Crippen molar-refractivity contribution in [1.82, 2.24) is 14.9 Å². The molecule has 8 heteroatoms. The van der Waals surface area contributed by atoms with Crippen LogP contribution < -0.4 is 16.1 Å². The van der Waals surface area contributed by atoms with Crippen molar-refractivity contribution in [3.05, 3.63) is 62.4 Å². The van der Waals surface area contributed by atoms with Crippen LogP contribution in [0, 0.1) is 0 Å². The zero-order valence-corrected chi connectivity index (χ0v) is 14.9. The highest BCUT2D eigenvalue weighted by Crippen LogP contribution is 2.47. The number of carbonyl (C=O) groups is 1. The normalized spacial score (nSPS) is 18.6. The van der Waals surface area contributed by atoms with E-state index in [4.69, 9.17) is 0 Å². The second-order valence-corrected chi connectivity index (χ2v) is 7.32. The molecule has 0 bridgehead atoms. The maximum absolute atomic E-state index is 12.2. The number of carbonyl (C=O) groups excluding carboxylic acids is 1. The molecule has 2 aliphatic rings. The molecule has 1 aromatic heterocycles. The number of nitrogens with zero attached hydrogens (tertiary/aromatic N) is 2. The number of H-pyrrole nitrogens is 2. The van der Waals surface area contributed by atoms with E-state index in [0.717, 1.165) is 37.2 Å². The van der Waals surface area contributed by atoms with Gasteiger partial charge in [0.05, 0.1) is 0 Å². The minimum Gasteiger partial charge on any atom is -0.387 e. The summed E-state index contributed by atoms with van der Waals surface area (Å²) >= 11 is 0. The molecule has 1 spiro atoms. The monoisotopic (exact) mass is 370 g/mol. The van der Waals surface area contributed by atoms with Crippen LogP contribution in [0.2, 0.25) is 0 Å². The lowest BCUT2D eigenvalue weighted by Gasteiger charge is -2.39. The van der Waals surface area contributed by atoms with E-state index in [9.17, 15) is 19.5 Å². The number of benzene rings is 1. The lowest BCUT2D eigenvalue weighted by Crippen LogP contribution is -2.46. The molecule has 0 unspecified atom stereocenters. The third kappa shape index (κ3) is 3.22. The number of anilines is 1. The fourth-order valence-electron chi connectivity index (χ4n) is 4.35. The molecule has 1 fully saturated rings. The molecule has 2 aromatic rings. The van der Waals surface area contributed by atoms with Crippen molar-refractivity contribution in [1.29, 1.82) is 0 Å². The molecule has 1 amide bonds. The maximum Gasteiger partial charge on any atom is 0.325 e. The molecule has 8 nitrogen and oxygen atoms in total. The van der Waals surface area contributed by atoms with Gasteiger partial charge in [0.1, 0.15) is 6.61 Å². The third-order valence-electron chi connectivity index (χ3n) is 5.69. The molecule has 0 aliphatic carbocycles. The highest BCUT2D eigenvalue weighted by Gasteiger charge is 2.45. The molecule has 0 saturated carbocycles. The van der Waals surface area contributed by atoms with Gasteiger partial charge in [-0.05, 0) is 37.6 Å². The Labute approximate surface area is 155 Å². The van der Waals surface area contributed by atoms with E-state index in [1.165, 1.54) is 6.07 Å². The summed E-state index contributed by atoms with van der Waals surface area (Å²) in [7, 11) is 0. The Hall–Kier alpha value is -2.71. The average molecular weight is 370 g/mol. The Morgan fingerprint density at radius 1 is 1.15 bits per heavy atom. The second-order valence-electron chi connectivity index (χ2n) is 7.32. The van der Waals surface area contributed by atoms with E-state index in [-0.39, 0.29) is 11.3 Å². The van der Waals surface area contributed by atoms with E-state index in [2.05, 4.69) is 20.9 Å². The number of amides is 1. The van der Waals surface area contributed by atoms with E-state index in [0.29, 0.717) is 18.8 Å². The molecule has 0 radical (unpaired) electrons. The summed E-state index contributed by atoms with van der Waals surface area (Å²) < 4.78 is 0. The first kappa shape index (κ1) is 17.7. The van der Waals surface area contributed by atoms with Gasteiger partial charge >= 0.3 is 5.69 Å². The molecular formula is C19H22N4O4. The molecule has 4 rings (SSSR count). The summed E-state index contributed by atoms with van der Waals surface area (Å²) in [4.78, 5) is 43.8. The van der Waals surface area contributed by atoms with Crippen LogP contribution in [-0.2, 0) is 16.8 Å². The van der Waals surface area contributed by atoms with E-state index < -0.39 is 17.9 Å². The first-order chi connectivity index (χ1) is 13.0. The average Bonchev–Trinajstić information content (AvgIpc) is 2.97. The van der Waals surface area contributed by atoms with Crippen molar-refractivity contribution in [3.63, 3.8) is 0 Å². The minimum atomic E-state index is -0.494. The zero-order chi connectivity index (χ0) is 19.0. The van der Waals surface area contributed by atoms with Gasteiger partial charge in [-0.15, -0.1) is 0 Å². The van der Waals surface area contributed by atoms with Crippen molar-refractivity contribution >= 4 is 11.6 Å². The number of rotatable bonds is 3. The van der Waals surface area contributed by atoms with Gasteiger partial charge in [0.25, 0.3) is 11.5 Å². The summed E-state index contributed by atoms with van der Waals surface area (Å²) in [5, 5.41) is 9.30. The van der Waals surface area contributed by atoms with Gasteiger partial charge in [-0.1, -0.05) is 18.2 Å². The maximum atomic E-state index is 12.2. The summed E-state index contributed by atoms with van der Waals surface area (Å²) in [5.74, 6) is -0.275. The predicted molar refractivity (Wildman–Crippen MR) is 99.8 cm³/mol. The van der Waals surface area contributed by atoms with Gasteiger partial charge in [-0.25, -0.2) is 4.79 Å². The number of hydrogen-bond donors (Lipinski definition) is 3. The van der Waals surface area contributed by atoms with Gasteiger partial charge in [-0.3, -0.25) is 19.5 Å². The van der Waals surface area contributed by atoms with E-state index in [1.54, 1.807) is 4.90 Å². The number of fused-ring (bicyclic) bond motifs is 2. The third-order valence-corrected chi connectivity index (χ3v) is 5.69. The summed E-state index contributed by atoms with van der Waals surface area (Å²) in [5.41, 5.74) is 1.65. The summed E-state index contributed by atoms with van der Waals surface area (Å²) in [6.45, 7) is 2.19. The molecule has 0 atom stereocenters. The Balaban J connectivity index is 1.52. The lowest BCUT2D eigenvalue weighted by atomic mass is 9.74. The van der Waals surface area contributed by atoms with Crippen molar-refractivity contribution in [3.8, 4) is 0 Å². The quantitative estimate of drug-likeness (QED) is 0.701. The highest BCUT2D eigenvalue weighted by atomic mass is 16.3. The lowest BCUT2D eigenvalue weighted by molar-refractivity contribution is -0.121. The summed E-state index contributed by atoms with van der Waals surface area (Å²) in [6, 6.07) is 9.32. The first-order valence-electron chi connectivity index (χ1n) is 9.06. The molecule has 27 heavy (non-hydrogen) atoms. The number of nitrogens with one attached hydrogen (secondary N) is 2. The minimum absolute atomic E-state index is 0.112.